The minimum atomic E-state index is 0.586. The second kappa shape index (κ2) is 8.78. The summed E-state index contributed by atoms with van der Waals surface area (Å²) in [5, 5.41) is 4.45. The number of hydrogen-bond donors (Lipinski definition) is 2. The average molecular weight is 307 g/mol. The molecule has 2 nitrogen and oxygen atoms in total. The lowest BCUT2D eigenvalue weighted by atomic mass is 10.2. The fourth-order valence-electron chi connectivity index (χ4n) is 1.70. The van der Waals surface area contributed by atoms with Crippen molar-refractivity contribution in [3.8, 4) is 0 Å². The smallest absolute Gasteiger partial charge is 0.0720 e. The molecule has 0 saturated carbocycles. The first-order chi connectivity index (χ1) is 8.65. The fraction of sp³-hybridized carbons (Fsp3) is 0.538. The van der Waals surface area contributed by atoms with E-state index in [0.717, 1.165) is 18.7 Å². The van der Waals surface area contributed by atoms with E-state index in [1.807, 2.05) is 11.8 Å². The van der Waals surface area contributed by atoms with Crippen LogP contribution in [-0.2, 0) is 0 Å². The Kier molecular flexibility index (Phi) is 7.71. The van der Waals surface area contributed by atoms with Gasteiger partial charge in [0.15, 0.2) is 0 Å². The summed E-state index contributed by atoms with van der Waals surface area (Å²) in [7, 11) is 0. The molecule has 0 aromatic heterocycles. The van der Waals surface area contributed by atoms with Crippen molar-refractivity contribution in [2.45, 2.75) is 25.7 Å². The summed E-state index contributed by atoms with van der Waals surface area (Å²) in [6.07, 6.45) is 7.09. The molecule has 0 radical (unpaired) electrons. The molecule has 0 amide bonds. The third-order valence-electron chi connectivity index (χ3n) is 2.64. The van der Waals surface area contributed by atoms with Crippen molar-refractivity contribution >= 4 is 46.3 Å². The van der Waals surface area contributed by atoms with Crippen LogP contribution in [0.15, 0.2) is 12.1 Å². The molecule has 0 unspecified atom stereocenters. The molecule has 0 spiro atoms. The molecule has 0 fully saturated rings. The summed E-state index contributed by atoms with van der Waals surface area (Å²) in [5.41, 5.74) is 7.03. The molecule has 0 bridgehead atoms. The monoisotopic (exact) mass is 306 g/mol. The van der Waals surface area contributed by atoms with E-state index < -0.39 is 0 Å². The predicted octanol–water partition coefficient (Wildman–Crippen LogP) is 4.91. The van der Waals surface area contributed by atoms with E-state index in [1.165, 1.54) is 25.0 Å². The maximum atomic E-state index is 6.09. The molecule has 0 aliphatic carbocycles. The molecule has 1 aromatic rings. The van der Waals surface area contributed by atoms with Gasteiger partial charge in [-0.15, -0.1) is 0 Å². The SMILES string of the molecule is CSCCCCCCNc1c(Cl)cc(N)cc1Cl. The van der Waals surface area contributed by atoms with Crippen LogP contribution in [0.3, 0.4) is 0 Å². The highest BCUT2D eigenvalue weighted by molar-refractivity contribution is 7.98. The molecule has 0 saturated heterocycles. The zero-order chi connectivity index (χ0) is 13.4. The molecule has 1 aromatic carbocycles. The van der Waals surface area contributed by atoms with Crippen LogP contribution in [0.25, 0.3) is 0 Å². The first-order valence-corrected chi connectivity index (χ1v) is 8.27. The van der Waals surface area contributed by atoms with E-state index in [2.05, 4.69) is 11.6 Å². The lowest BCUT2D eigenvalue weighted by Crippen LogP contribution is -2.03. The second-order valence-electron chi connectivity index (χ2n) is 4.19. The van der Waals surface area contributed by atoms with Gasteiger partial charge in [-0.1, -0.05) is 36.0 Å². The number of nitrogen functional groups attached to an aromatic ring is 1. The van der Waals surface area contributed by atoms with E-state index in [9.17, 15) is 0 Å². The maximum absolute atomic E-state index is 6.09. The van der Waals surface area contributed by atoms with E-state index in [1.54, 1.807) is 12.1 Å². The van der Waals surface area contributed by atoms with Crippen LogP contribution in [0.5, 0.6) is 0 Å². The zero-order valence-corrected chi connectivity index (χ0v) is 13.0. The standard InChI is InChI=1S/C13H20Cl2N2S/c1-18-7-5-3-2-4-6-17-13-11(14)8-10(16)9-12(13)15/h8-9,17H,2-7,16H2,1H3. The molecule has 5 heteroatoms. The van der Waals surface area contributed by atoms with Gasteiger partial charge in [-0.25, -0.2) is 0 Å². The summed E-state index contributed by atoms with van der Waals surface area (Å²) < 4.78 is 0. The fourth-order valence-corrected chi connectivity index (χ4v) is 2.83. The molecule has 102 valence electrons. The van der Waals surface area contributed by atoms with Crippen LogP contribution < -0.4 is 11.1 Å². The third-order valence-corrected chi connectivity index (χ3v) is 3.93. The Balaban J connectivity index is 2.27. The maximum Gasteiger partial charge on any atom is 0.0720 e. The number of anilines is 2. The highest BCUT2D eigenvalue weighted by Crippen LogP contribution is 2.32. The molecular formula is C13H20Cl2N2S. The van der Waals surface area contributed by atoms with Crippen LogP contribution in [0.2, 0.25) is 10.0 Å². The van der Waals surface area contributed by atoms with Gasteiger partial charge >= 0.3 is 0 Å². The Morgan fingerprint density at radius 2 is 1.72 bits per heavy atom. The Morgan fingerprint density at radius 1 is 1.11 bits per heavy atom. The second-order valence-corrected chi connectivity index (χ2v) is 5.99. The largest absolute Gasteiger partial charge is 0.399 e. The topological polar surface area (TPSA) is 38.0 Å². The first-order valence-electron chi connectivity index (χ1n) is 6.12. The first kappa shape index (κ1) is 15.8. The van der Waals surface area contributed by atoms with Crippen LogP contribution in [0.4, 0.5) is 11.4 Å². The van der Waals surface area contributed by atoms with Crippen molar-refractivity contribution in [1.29, 1.82) is 0 Å². The molecule has 1 rings (SSSR count). The van der Waals surface area contributed by atoms with Crippen molar-refractivity contribution in [2.75, 3.05) is 29.6 Å². The number of rotatable bonds is 8. The van der Waals surface area contributed by atoms with Gasteiger partial charge in [-0.2, -0.15) is 11.8 Å². The summed E-state index contributed by atoms with van der Waals surface area (Å²) in [6, 6.07) is 3.43. The van der Waals surface area contributed by atoms with Gasteiger partial charge < -0.3 is 11.1 Å². The average Bonchev–Trinajstić information content (AvgIpc) is 2.30. The normalized spacial score (nSPS) is 10.6. The van der Waals surface area contributed by atoms with Crippen LogP contribution in [0.1, 0.15) is 25.7 Å². The number of halogens is 2. The van der Waals surface area contributed by atoms with Gasteiger partial charge in [0.05, 0.1) is 15.7 Å². The molecule has 3 N–H and O–H groups in total. The van der Waals surface area contributed by atoms with Gasteiger partial charge in [0.2, 0.25) is 0 Å². The van der Waals surface area contributed by atoms with Gasteiger partial charge in [-0.05, 0) is 37.0 Å². The molecule has 0 atom stereocenters. The highest BCUT2D eigenvalue weighted by atomic mass is 35.5. The zero-order valence-electron chi connectivity index (χ0n) is 10.6. The van der Waals surface area contributed by atoms with Crippen LogP contribution in [-0.4, -0.2) is 18.6 Å². The Bertz CT molecular complexity index is 349. The van der Waals surface area contributed by atoms with Crippen molar-refractivity contribution < 1.29 is 0 Å². The predicted molar refractivity (Wildman–Crippen MR) is 86.2 cm³/mol. The highest BCUT2D eigenvalue weighted by Gasteiger charge is 2.06. The molecule has 0 aliphatic heterocycles. The Hall–Kier alpha value is -0.250. The summed E-state index contributed by atoms with van der Waals surface area (Å²) in [5.74, 6) is 1.25. The lowest BCUT2D eigenvalue weighted by molar-refractivity contribution is 0.689. The van der Waals surface area contributed by atoms with Gasteiger partial charge in [0.25, 0.3) is 0 Å². The number of nitrogens with two attached hydrogens (primary N) is 1. The Labute approximate surface area is 124 Å². The lowest BCUT2D eigenvalue weighted by Gasteiger charge is -2.11. The number of hydrogen-bond acceptors (Lipinski definition) is 3. The quantitative estimate of drug-likeness (QED) is 0.529. The van der Waals surface area contributed by atoms with Gasteiger partial charge in [0, 0.05) is 12.2 Å². The molecular weight excluding hydrogens is 287 g/mol. The molecule has 18 heavy (non-hydrogen) atoms. The number of nitrogens with one attached hydrogen (secondary N) is 1. The number of benzene rings is 1. The van der Waals surface area contributed by atoms with Gasteiger partial charge in [0.1, 0.15) is 0 Å². The number of unbranched alkanes of at least 4 members (excludes halogenated alkanes) is 3. The summed E-state index contributed by atoms with van der Waals surface area (Å²) >= 11 is 14.1. The summed E-state index contributed by atoms with van der Waals surface area (Å²) in [6.45, 7) is 0.891. The van der Waals surface area contributed by atoms with Crippen molar-refractivity contribution in [2.24, 2.45) is 0 Å². The Morgan fingerprint density at radius 3 is 2.33 bits per heavy atom. The van der Waals surface area contributed by atoms with E-state index in [0.29, 0.717) is 15.7 Å². The van der Waals surface area contributed by atoms with Crippen molar-refractivity contribution in [3.63, 3.8) is 0 Å². The van der Waals surface area contributed by atoms with E-state index in [4.69, 9.17) is 28.9 Å². The van der Waals surface area contributed by atoms with Crippen molar-refractivity contribution in [3.05, 3.63) is 22.2 Å². The van der Waals surface area contributed by atoms with Crippen molar-refractivity contribution in [1.82, 2.24) is 0 Å². The van der Waals surface area contributed by atoms with E-state index >= 15 is 0 Å². The minimum Gasteiger partial charge on any atom is -0.399 e. The van der Waals surface area contributed by atoms with Crippen LogP contribution >= 0.6 is 35.0 Å². The third kappa shape index (κ3) is 5.59. The van der Waals surface area contributed by atoms with E-state index in [-0.39, 0.29) is 0 Å². The summed E-state index contributed by atoms with van der Waals surface area (Å²) in [4.78, 5) is 0. The van der Waals surface area contributed by atoms with Gasteiger partial charge in [-0.3, -0.25) is 0 Å². The minimum absolute atomic E-state index is 0.586. The number of thioether (sulfide) groups is 1. The van der Waals surface area contributed by atoms with Crippen LogP contribution in [0, 0.1) is 0 Å². The molecule has 0 heterocycles. The molecule has 0 aliphatic rings.